The summed E-state index contributed by atoms with van der Waals surface area (Å²) in [7, 11) is -1.03. The van der Waals surface area contributed by atoms with E-state index in [1.165, 1.54) is 0 Å². The fourth-order valence-electron chi connectivity index (χ4n) is 2.39. The van der Waals surface area contributed by atoms with Crippen LogP contribution in [0.1, 0.15) is 33.6 Å². The van der Waals surface area contributed by atoms with Crippen molar-refractivity contribution in [3.63, 3.8) is 0 Å². The highest BCUT2D eigenvalue weighted by Crippen LogP contribution is 2.17. The van der Waals surface area contributed by atoms with Gasteiger partial charge in [-0.1, -0.05) is 6.92 Å². The van der Waals surface area contributed by atoms with Crippen molar-refractivity contribution in [2.24, 2.45) is 0 Å². The second-order valence-electron chi connectivity index (χ2n) is 5.60. The second kappa shape index (κ2) is 7.57. The lowest BCUT2D eigenvalue weighted by Gasteiger charge is -2.41. The average Bonchev–Trinajstić information content (AvgIpc) is 2.35. The molecule has 0 aromatic rings. The summed E-state index contributed by atoms with van der Waals surface area (Å²) < 4.78 is 26.3. The molecular formula is C13H29N3O2S. The maximum absolute atomic E-state index is 12.3. The van der Waals surface area contributed by atoms with E-state index in [-0.39, 0.29) is 17.8 Å². The largest absolute Gasteiger partial charge is 0.317 e. The lowest BCUT2D eigenvalue weighted by Crippen LogP contribution is -2.56. The number of nitrogens with one attached hydrogen (secondary N) is 1. The molecule has 2 atom stereocenters. The van der Waals surface area contributed by atoms with Crippen molar-refractivity contribution in [1.29, 1.82) is 0 Å². The third-order valence-electron chi connectivity index (χ3n) is 3.90. The predicted molar refractivity (Wildman–Crippen MR) is 79.8 cm³/mol. The Hall–Kier alpha value is -0.170. The van der Waals surface area contributed by atoms with Gasteiger partial charge in [-0.25, -0.2) is 8.42 Å². The molecule has 19 heavy (non-hydrogen) atoms. The second-order valence-corrected chi connectivity index (χ2v) is 7.69. The van der Waals surface area contributed by atoms with Crippen LogP contribution in [0.15, 0.2) is 0 Å². The SMILES string of the molecule is CCCNCCCS(=O)(=O)N1CC(C)N(C)C(C)C1. The first-order valence-electron chi connectivity index (χ1n) is 7.29. The number of hydrogen-bond acceptors (Lipinski definition) is 4. The van der Waals surface area contributed by atoms with E-state index in [0.29, 0.717) is 19.5 Å². The van der Waals surface area contributed by atoms with E-state index in [1.807, 2.05) is 0 Å². The fraction of sp³-hybridized carbons (Fsp3) is 1.00. The molecule has 1 N–H and O–H groups in total. The molecule has 0 aliphatic carbocycles. The summed E-state index contributed by atoms with van der Waals surface area (Å²) in [5.74, 6) is 0.257. The highest BCUT2D eigenvalue weighted by atomic mass is 32.2. The third-order valence-corrected chi connectivity index (χ3v) is 5.79. The lowest BCUT2D eigenvalue weighted by atomic mass is 10.1. The molecule has 1 aliphatic heterocycles. The number of likely N-dealkylation sites (N-methyl/N-ethyl adjacent to an activating group) is 1. The molecule has 5 nitrogen and oxygen atoms in total. The molecule has 0 aromatic carbocycles. The van der Waals surface area contributed by atoms with Crippen LogP contribution in [-0.2, 0) is 10.0 Å². The first-order chi connectivity index (χ1) is 8.88. The summed E-state index contributed by atoms with van der Waals surface area (Å²) in [6.07, 6.45) is 1.78. The third kappa shape index (κ3) is 5.02. The highest BCUT2D eigenvalue weighted by Gasteiger charge is 2.32. The van der Waals surface area contributed by atoms with E-state index < -0.39 is 10.0 Å². The molecule has 1 heterocycles. The zero-order valence-electron chi connectivity index (χ0n) is 12.7. The molecule has 0 radical (unpaired) electrons. The Morgan fingerprint density at radius 3 is 2.26 bits per heavy atom. The zero-order valence-corrected chi connectivity index (χ0v) is 13.5. The van der Waals surface area contributed by atoms with E-state index in [1.54, 1.807) is 4.31 Å². The van der Waals surface area contributed by atoms with Crippen molar-refractivity contribution in [3.8, 4) is 0 Å². The van der Waals surface area contributed by atoms with Crippen molar-refractivity contribution in [2.45, 2.75) is 45.7 Å². The maximum Gasteiger partial charge on any atom is 0.214 e. The van der Waals surface area contributed by atoms with Crippen molar-refractivity contribution in [3.05, 3.63) is 0 Å². The van der Waals surface area contributed by atoms with Crippen LogP contribution in [0.2, 0.25) is 0 Å². The average molecular weight is 291 g/mol. The Balaban J connectivity index is 2.44. The van der Waals surface area contributed by atoms with E-state index in [0.717, 1.165) is 19.5 Å². The van der Waals surface area contributed by atoms with E-state index in [2.05, 4.69) is 38.0 Å². The Morgan fingerprint density at radius 2 is 1.74 bits per heavy atom. The molecule has 1 saturated heterocycles. The molecule has 114 valence electrons. The standard InChI is InChI=1S/C13H29N3O2S/c1-5-7-14-8-6-9-19(17,18)16-10-12(2)15(4)13(3)11-16/h12-14H,5-11H2,1-4H3. The molecule has 0 amide bonds. The summed E-state index contributed by atoms with van der Waals surface area (Å²) in [5, 5.41) is 3.24. The van der Waals surface area contributed by atoms with Crippen LogP contribution in [0, 0.1) is 0 Å². The summed E-state index contributed by atoms with van der Waals surface area (Å²) in [6, 6.07) is 0.577. The van der Waals surface area contributed by atoms with Gasteiger partial charge in [-0.2, -0.15) is 4.31 Å². The zero-order chi connectivity index (χ0) is 14.5. The molecule has 1 aliphatic rings. The minimum Gasteiger partial charge on any atom is -0.317 e. The van der Waals surface area contributed by atoms with Crippen LogP contribution in [0.5, 0.6) is 0 Å². The topological polar surface area (TPSA) is 52.7 Å². The quantitative estimate of drug-likeness (QED) is 0.703. The molecular weight excluding hydrogens is 262 g/mol. The van der Waals surface area contributed by atoms with E-state index >= 15 is 0 Å². The van der Waals surface area contributed by atoms with Crippen molar-refractivity contribution >= 4 is 10.0 Å². The summed E-state index contributed by atoms with van der Waals surface area (Å²) in [6.45, 7) is 9.25. The van der Waals surface area contributed by atoms with Crippen molar-refractivity contribution in [1.82, 2.24) is 14.5 Å². The minimum absolute atomic E-state index is 0.257. The van der Waals surface area contributed by atoms with Gasteiger partial charge in [0.2, 0.25) is 10.0 Å². The van der Waals surface area contributed by atoms with Gasteiger partial charge in [-0.15, -0.1) is 0 Å². The summed E-state index contributed by atoms with van der Waals surface area (Å²) in [5.41, 5.74) is 0. The maximum atomic E-state index is 12.3. The van der Waals surface area contributed by atoms with Gasteiger partial charge in [0.05, 0.1) is 5.75 Å². The van der Waals surface area contributed by atoms with Crippen LogP contribution >= 0.6 is 0 Å². The molecule has 0 aromatic heterocycles. The van der Waals surface area contributed by atoms with Crippen LogP contribution in [0.25, 0.3) is 0 Å². The molecule has 0 spiro atoms. The number of sulfonamides is 1. The summed E-state index contributed by atoms with van der Waals surface area (Å²) >= 11 is 0. The number of rotatable bonds is 7. The minimum atomic E-state index is -3.09. The van der Waals surface area contributed by atoms with Gasteiger partial charge in [0.25, 0.3) is 0 Å². The van der Waals surface area contributed by atoms with Gasteiger partial charge in [0.15, 0.2) is 0 Å². The van der Waals surface area contributed by atoms with Crippen LogP contribution in [-0.4, -0.2) is 68.7 Å². The van der Waals surface area contributed by atoms with Crippen LogP contribution < -0.4 is 5.32 Å². The first kappa shape index (κ1) is 16.9. The van der Waals surface area contributed by atoms with Gasteiger partial charge in [-0.3, -0.25) is 4.90 Å². The van der Waals surface area contributed by atoms with Gasteiger partial charge in [0.1, 0.15) is 0 Å². The first-order valence-corrected chi connectivity index (χ1v) is 8.90. The Morgan fingerprint density at radius 1 is 1.16 bits per heavy atom. The van der Waals surface area contributed by atoms with Crippen molar-refractivity contribution < 1.29 is 8.42 Å². The molecule has 6 heteroatoms. The van der Waals surface area contributed by atoms with Crippen molar-refractivity contribution in [2.75, 3.05) is 39.0 Å². The van der Waals surface area contributed by atoms with E-state index in [9.17, 15) is 8.42 Å². The van der Waals surface area contributed by atoms with E-state index in [4.69, 9.17) is 0 Å². The predicted octanol–water partition coefficient (Wildman–Crippen LogP) is 0.730. The lowest BCUT2D eigenvalue weighted by molar-refractivity contribution is 0.105. The molecule has 1 fully saturated rings. The van der Waals surface area contributed by atoms with Gasteiger partial charge >= 0.3 is 0 Å². The number of nitrogens with zero attached hydrogens (tertiary/aromatic N) is 2. The molecule has 0 bridgehead atoms. The number of piperazine rings is 1. The monoisotopic (exact) mass is 291 g/mol. The smallest absolute Gasteiger partial charge is 0.214 e. The molecule has 2 unspecified atom stereocenters. The van der Waals surface area contributed by atoms with Gasteiger partial charge < -0.3 is 5.32 Å². The molecule has 0 saturated carbocycles. The van der Waals surface area contributed by atoms with Crippen LogP contribution in [0.4, 0.5) is 0 Å². The Bertz CT molecular complexity index is 347. The molecule has 1 rings (SSSR count). The number of hydrogen-bond donors (Lipinski definition) is 1. The Kier molecular flexibility index (Phi) is 6.73. The highest BCUT2D eigenvalue weighted by molar-refractivity contribution is 7.89. The van der Waals surface area contributed by atoms with Gasteiger partial charge in [-0.05, 0) is 46.8 Å². The van der Waals surface area contributed by atoms with Crippen LogP contribution in [0.3, 0.4) is 0 Å². The normalized spacial score (nSPS) is 26.7. The fourth-order valence-corrected chi connectivity index (χ4v) is 4.05. The van der Waals surface area contributed by atoms with Gasteiger partial charge in [0, 0.05) is 25.2 Å². The summed E-state index contributed by atoms with van der Waals surface area (Å²) in [4.78, 5) is 2.24. The Labute approximate surface area is 118 Å².